The molecule has 0 aliphatic carbocycles. The SMILES string of the molecule is CCNc1cc(Nc2ccc(F)c(F)c2)nc(SC)n1. The summed E-state index contributed by atoms with van der Waals surface area (Å²) in [6.07, 6.45) is 1.87. The molecular weight excluding hydrogens is 282 g/mol. The summed E-state index contributed by atoms with van der Waals surface area (Å²) in [5, 5.41) is 6.62. The van der Waals surface area contributed by atoms with Crippen molar-refractivity contribution in [2.75, 3.05) is 23.4 Å². The van der Waals surface area contributed by atoms with E-state index in [4.69, 9.17) is 0 Å². The van der Waals surface area contributed by atoms with Gasteiger partial charge in [-0.15, -0.1) is 0 Å². The first-order valence-electron chi connectivity index (χ1n) is 6.01. The third-order valence-electron chi connectivity index (χ3n) is 2.44. The number of benzene rings is 1. The molecule has 1 heterocycles. The van der Waals surface area contributed by atoms with Crippen LogP contribution in [-0.4, -0.2) is 22.8 Å². The van der Waals surface area contributed by atoms with E-state index in [1.807, 2.05) is 13.2 Å². The number of nitrogens with zero attached hydrogens (tertiary/aromatic N) is 2. The van der Waals surface area contributed by atoms with Gasteiger partial charge in [-0.25, -0.2) is 18.7 Å². The number of aromatic nitrogens is 2. The van der Waals surface area contributed by atoms with Crippen LogP contribution >= 0.6 is 11.8 Å². The molecule has 20 heavy (non-hydrogen) atoms. The normalized spacial score (nSPS) is 10.4. The van der Waals surface area contributed by atoms with E-state index in [0.717, 1.165) is 18.7 Å². The van der Waals surface area contributed by atoms with Gasteiger partial charge in [0, 0.05) is 24.4 Å². The number of nitrogens with one attached hydrogen (secondary N) is 2. The standard InChI is InChI=1S/C13H14F2N4S/c1-3-16-11-7-12(19-13(18-11)20-2)17-8-4-5-9(14)10(15)6-8/h4-7H,3H2,1-2H3,(H2,16,17,18,19). The van der Waals surface area contributed by atoms with Crippen molar-refractivity contribution in [3.8, 4) is 0 Å². The predicted octanol–water partition coefficient (Wildman–Crippen LogP) is 3.65. The number of thioether (sulfide) groups is 1. The second-order valence-electron chi connectivity index (χ2n) is 3.91. The molecule has 0 saturated heterocycles. The highest BCUT2D eigenvalue weighted by atomic mass is 32.2. The Morgan fingerprint density at radius 3 is 2.50 bits per heavy atom. The third kappa shape index (κ3) is 3.57. The first kappa shape index (κ1) is 14.5. The van der Waals surface area contributed by atoms with Crippen molar-refractivity contribution in [3.05, 3.63) is 35.9 Å². The molecule has 0 radical (unpaired) electrons. The van der Waals surface area contributed by atoms with Gasteiger partial charge in [0.05, 0.1) is 0 Å². The molecule has 0 atom stereocenters. The number of rotatable bonds is 5. The second kappa shape index (κ2) is 6.51. The summed E-state index contributed by atoms with van der Waals surface area (Å²) in [5.74, 6) is -0.583. The molecule has 4 nitrogen and oxygen atoms in total. The van der Waals surface area contributed by atoms with Gasteiger partial charge < -0.3 is 10.6 Å². The van der Waals surface area contributed by atoms with Gasteiger partial charge in [0.15, 0.2) is 16.8 Å². The van der Waals surface area contributed by atoms with Crippen molar-refractivity contribution in [1.29, 1.82) is 0 Å². The molecule has 0 aliphatic heterocycles. The van der Waals surface area contributed by atoms with Crippen molar-refractivity contribution in [2.24, 2.45) is 0 Å². The minimum absolute atomic E-state index is 0.428. The highest BCUT2D eigenvalue weighted by Gasteiger charge is 2.06. The zero-order valence-corrected chi connectivity index (χ0v) is 11.9. The van der Waals surface area contributed by atoms with E-state index < -0.39 is 11.6 Å². The Hall–Kier alpha value is -1.89. The first-order valence-corrected chi connectivity index (χ1v) is 7.24. The quantitative estimate of drug-likeness (QED) is 0.651. The fourth-order valence-corrected chi connectivity index (χ4v) is 1.95. The minimum Gasteiger partial charge on any atom is -0.370 e. The zero-order valence-electron chi connectivity index (χ0n) is 11.1. The molecule has 0 saturated carbocycles. The summed E-state index contributed by atoms with van der Waals surface area (Å²) < 4.78 is 26.0. The average Bonchev–Trinajstić information content (AvgIpc) is 2.43. The summed E-state index contributed by atoms with van der Waals surface area (Å²) in [7, 11) is 0. The molecular formula is C13H14F2N4S. The Morgan fingerprint density at radius 1 is 1.10 bits per heavy atom. The van der Waals surface area contributed by atoms with Gasteiger partial charge in [0.1, 0.15) is 11.6 Å². The molecule has 1 aromatic carbocycles. The van der Waals surface area contributed by atoms with E-state index in [2.05, 4.69) is 20.6 Å². The van der Waals surface area contributed by atoms with Gasteiger partial charge in [-0.1, -0.05) is 11.8 Å². The van der Waals surface area contributed by atoms with E-state index in [0.29, 0.717) is 22.5 Å². The summed E-state index contributed by atoms with van der Waals surface area (Å²) in [4.78, 5) is 8.55. The Kier molecular flexibility index (Phi) is 4.73. The maximum absolute atomic E-state index is 13.2. The van der Waals surface area contributed by atoms with Gasteiger partial charge in [-0.05, 0) is 25.3 Å². The molecule has 0 fully saturated rings. The molecule has 0 spiro atoms. The van der Waals surface area contributed by atoms with Crippen LogP contribution in [0.5, 0.6) is 0 Å². The monoisotopic (exact) mass is 296 g/mol. The van der Waals surface area contributed by atoms with Crippen LogP contribution in [0.1, 0.15) is 6.92 Å². The van der Waals surface area contributed by atoms with Crippen LogP contribution in [0, 0.1) is 11.6 Å². The predicted molar refractivity (Wildman–Crippen MR) is 77.6 cm³/mol. The van der Waals surface area contributed by atoms with Crippen LogP contribution in [0.15, 0.2) is 29.4 Å². The fraction of sp³-hybridized carbons (Fsp3) is 0.231. The smallest absolute Gasteiger partial charge is 0.191 e. The number of hydrogen-bond acceptors (Lipinski definition) is 5. The molecule has 1 aromatic heterocycles. The lowest BCUT2D eigenvalue weighted by molar-refractivity contribution is 0.509. The zero-order chi connectivity index (χ0) is 14.5. The molecule has 2 rings (SSSR count). The van der Waals surface area contributed by atoms with Crippen LogP contribution in [0.4, 0.5) is 26.1 Å². The van der Waals surface area contributed by atoms with Gasteiger partial charge in [-0.2, -0.15) is 0 Å². The lowest BCUT2D eigenvalue weighted by Gasteiger charge is -2.10. The molecule has 106 valence electrons. The molecule has 7 heteroatoms. The van der Waals surface area contributed by atoms with Gasteiger partial charge in [-0.3, -0.25) is 0 Å². The molecule has 0 bridgehead atoms. The van der Waals surface area contributed by atoms with Crippen molar-refractivity contribution < 1.29 is 8.78 Å². The molecule has 0 aliphatic rings. The molecule has 0 amide bonds. The maximum Gasteiger partial charge on any atom is 0.191 e. The van der Waals surface area contributed by atoms with Crippen molar-refractivity contribution in [1.82, 2.24) is 9.97 Å². The highest BCUT2D eigenvalue weighted by Crippen LogP contribution is 2.22. The van der Waals surface area contributed by atoms with Crippen molar-refractivity contribution in [3.63, 3.8) is 0 Å². The Balaban J connectivity index is 2.27. The molecule has 0 unspecified atom stereocenters. The lowest BCUT2D eigenvalue weighted by atomic mass is 10.3. The van der Waals surface area contributed by atoms with Gasteiger partial charge in [0.2, 0.25) is 0 Å². The largest absolute Gasteiger partial charge is 0.370 e. The van der Waals surface area contributed by atoms with Crippen LogP contribution in [-0.2, 0) is 0 Å². The lowest BCUT2D eigenvalue weighted by Crippen LogP contribution is -2.03. The van der Waals surface area contributed by atoms with E-state index in [9.17, 15) is 8.78 Å². The summed E-state index contributed by atoms with van der Waals surface area (Å²) in [5.41, 5.74) is 0.428. The van der Waals surface area contributed by atoms with Crippen LogP contribution < -0.4 is 10.6 Å². The molecule has 2 N–H and O–H groups in total. The summed E-state index contributed by atoms with van der Waals surface area (Å²) in [6, 6.07) is 5.32. The number of anilines is 3. The Labute approximate surface area is 120 Å². The maximum atomic E-state index is 13.2. The van der Waals surface area contributed by atoms with E-state index in [-0.39, 0.29) is 0 Å². The van der Waals surface area contributed by atoms with Gasteiger partial charge >= 0.3 is 0 Å². The van der Waals surface area contributed by atoms with Crippen LogP contribution in [0.25, 0.3) is 0 Å². The number of halogens is 2. The number of hydrogen-bond donors (Lipinski definition) is 2. The first-order chi connectivity index (χ1) is 9.62. The van der Waals surface area contributed by atoms with E-state index in [1.165, 1.54) is 17.8 Å². The highest BCUT2D eigenvalue weighted by molar-refractivity contribution is 7.98. The Bertz CT molecular complexity index is 607. The minimum atomic E-state index is -0.902. The van der Waals surface area contributed by atoms with Crippen molar-refractivity contribution in [2.45, 2.75) is 12.1 Å². The summed E-state index contributed by atoms with van der Waals surface area (Å²) in [6.45, 7) is 2.69. The average molecular weight is 296 g/mol. The Morgan fingerprint density at radius 2 is 1.85 bits per heavy atom. The fourth-order valence-electron chi connectivity index (χ4n) is 1.57. The van der Waals surface area contributed by atoms with Crippen LogP contribution in [0.2, 0.25) is 0 Å². The van der Waals surface area contributed by atoms with E-state index >= 15 is 0 Å². The third-order valence-corrected chi connectivity index (χ3v) is 2.99. The van der Waals surface area contributed by atoms with Crippen LogP contribution in [0.3, 0.4) is 0 Å². The summed E-state index contributed by atoms with van der Waals surface area (Å²) >= 11 is 1.40. The van der Waals surface area contributed by atoms with Gasteiger partial charge in [0.25, 0.3) is 0 Å². The molecule has 2 aromatic rings. The van der Waals surface area contributed by atoms with E-state index in [1.54, 1.807) is 6.07 Å². The topological polar surface area (TPSA) is 49.8 Å². The van der Waals surface area contributed by atoms with Crippen molar-refractivity contribution >= 4 is 29.1 Å². The second-order valence-corrected chi connectivity index (χ2v) is 4.68.